The average molecular weight is 367 g/mol. The number of rotatable bonds is 13. The molecule has 3 nitrogen and oxygen atoms in total. The van der Waals surface area contributed by atoms with Gasteiger partial charge in [-0.25, -0.2) is 0 Å². The van der Waals surface area contributed by atoms with Crippen LogP contribution in [-0.2, 0) is 4.74 Å². The van der Waals surface area contributed by atoms with Crippen molar-refractivity contribution in [3.05, 3.63) is 48.5 Å². The second kappa shape index (κ2) is 12.8. The topological polar surface area (TPSA) is 27.7 Å². The first-order chi connectivity index (χ1) is 13.3. The highest BCUT2D eigenvalue weighted by Crippen LogP contribution is 2.24. The van der Waals surface area contributed by atoms with Crippen molar-refractivity contribution < 1.29 is 14.2 Å². The summed E-state index contributed by atoms with van der Waals surface area (Å²) in [6.45, 7) is 1.98. The normalized spacial score (nSPS) is 10.4. The van der Waals surface area contributed by atoms with Crippen LogP contribution in [0.1, 0.15) is 38.5 Å². The molecule has 0 aliphatic carbocycles. The number of terminal acetylenes is 1. The van der Waals surface area contributed by atoms with Crippen LogP contribution in [0.3, 0.4) is 0 Å². The molecular weight excluding hydrogens is 336 g/mol. The lowest BCUT2D eigenvalue weighted by atomic mass is 10.1. The van der Waals surface area contributed by atoms with E-state index in [4.69, 9.17) is 20.6 Å². The molecule has 0 aliphatic heterocycles. The van der Waals surface area contributed by atoms with Crippen LogP contribution >= 0.6 is 0 Å². The highest BCUT2D eigenvalue weighted by atomic mass is 16.5. The van der Waals surface area contributed by atoms with Crippen molar-refractivity contribution in [3.63, 3.8) is 0 Å². The largest absolute Gasteiger partial charge is 0.497 e. The number of unbranched alkanes of at least 4 members (excludes halogenated alkanes) is 5. The molecule has 144 valence electrons. The lowest BCUT2D eigenvalue weighted by Gasteiger charge is -2.08. The maximum absolute atomic E-state index is 5.85. The van der Waals surface area contributed by atoms with Gasteiger partial charge in [0.2, 0.25) is 0 Å². The fourth-order valence-electron chi connectivity index (χ4n) is 2.86. The molecule has 2 aromatic carbocycles. The first-order valence-electron chi connectivity index (χ1n) is 9.72. The molecule has 0 spiro atoms. The summed E-state index contributed by atoms with van der Waals surface area (Å²) in [7, 11) is 1.68. The van der Waals surface area contributed by atoms with Gasteiger partial charge in [-0.1, -0.05) is 55.9 Å². The van der Waals surface area contributed by atoms with Crippen molar-refractivity contribution in [2.45, 2.75) is 38.5 Å². The summed E-state index contributed by atoms with van der Waals surface area (Å²) >= 11 is 0. The van der Waals surface area contributed by atoms with E-state index in [9.17, 15) is 0 Å². The Morgan fingerprint density at radius 1 is 0.704 bits per heavy atom. The van der Waals surface area contributed by atoms with Gasteiger partial charge in [0.1, 0.15) is 18.1 Å². The first-order valence-corrected chi connectivity index (χ1v) is 9.72. The Morgan fingerprint density at radius 3 is 1.78 bits per heavy atom. The van der Waals surface area contributed by atoms with Gasteiger partial charge in [-0.2, -0.15) is 0 Å². The van der Waals surface area contributed by atoms with Crippen LogP contribution in [0.2, 0.25) is 0 Å². The van der Waals surface area contributed by atoms with Crippen LogP contribution in [0.4, 0.5) is 0 Å². The molecule has 0 bridgehead atoms. The van der Waals surface area contributed by atoms with Gasteiger partial charge < -0.3 is 14.2 Å². The van der Waals surface area contributed by atoms with Gasteiger partial charge in [-0.05, 0) is 48.2 Å². The molecule has 0 N–H and O–H groups in total. The molecule has 2 aromatic rings. The summed E-state index contributed by atoms with van der Waals surface area (Å²) in [4.78, 5) is 0. The molecular formula is C24H30O3. The Hall–Kier alpha value is -2.44. The minimum atomic E-state index is 0.429. The van der Waals surface area contributed by atoms with E-state index in [1.165, 1.54) is 36.8 Å². The maximum Gasteiger partial charge on any atom is 0.119 e. The van der Waals surface area contributed by atoms with E-state index in [1.54, 1.807) is 7.11 Å². The van der Waals surface area contributed by atoms with Crippen molar-refractivity contribution in [2.24, 2.45) is 0 Å². The summed E-state index contributed by atoms with van der Waals surface area (Å²) in [6, 6.07) is 16.4. The Balaban J connectivity index is 1.57. The minimum Gasteiger partial charge on any atom is -0.497 e. The molecule has 0 aromatic heterocycles. The molecule has 2 rings (SSSR count). The number of ether oxygens (including phenoxy) is 3. The molecule has 0 saturated carbocycles. The Kier molecular flexibility index (Phi) is 9.92. The fraction of sp³-hybridized carbons (Fsp3) is 0.417. The molecule has 0 heterocycles. The van der Waals surface area contributed by atoms with Crippen LogP contribution in [0.25, 0.3) is 11.1 Å². The predicted molar refractivity (Wildman–Crippen MR) is 111 cm³/mol. The monoisotopic (exact) mass is 366 g/mol. The van der Waals surface area contributed by atoms with E-state index in [0.29, 0.717) is 6.61 Å². The van der Waals surface area contributed by atoms with Gasteiger partial charge in [-0.3, -0.25) is 0 Å². The highest BCUT2D eigenvalue weighted by Gasteiger charge is 2.00. The maximum atomic E-state index is 5.85. The Morgan fingerprint density at radius 2 is 1.22 bits per heavy atom. The van der Waals surface area contributed by atoms with Crippen molar-refractivity contribution in [3.8, 4) is 35.0 Å². The summed E-state index contributed by atoms with van der Waals surface area (Å²) in [5.41, 5.74) is 2.35. The van der Waals surface area contributed by atoms with Crippen LogP contribution in [0.15, 0.2) is 48.5 Å². The van der Waals surface area contributed by atoms with Gasteiger partial charge >= 0.3 is 0 Å². The Labute approximate surface area is 163 Å². The van der Waals surface area contributed by atoms with Crippen LogP contribution in [0, 0.1) is 12.3 Å². The Bertz CT molecular complexity index is 668. The lowest BCUT2D eigenvalue weighted by molar-refractivity contribution is 0.161. The third kappa shape index (κ3) is 8.19. The van der Waals surface area contributed by atoms with Crippen molar-refractivity contribution in [1.82, 2.24) is 0 Å². The van der Waals surface area contributed by atoms with Gasteiger partial charge in [0.05, 0.1) is 13.7 Å². The second-order valence-electron chi connectivity index (χ2n) is 6.48. The standard InChI is InChI=1S/C24H30O3/c1-3-18-26-19-8-6-4-5-7-9-20-27-24-16-12-22(13-17-24)21-10-14-23(25-2)15-11-21/h1,10-17H,4-9,18-20H2,2H3. The molecule has 0 unspecified atom stereocenters. The quantitative estimate of drug-likeness (QED) is 0.335. The fourth-order valence-corrected chi connectivity index (χ4v) is 2.86. The van der Waals surface area contributed by atoms with Crippen LogP contribution in [0.5, 0.6) is 11.5 Å². The third-order valence-corrected chi connectivity index (χ3v) is 4.41. The van der Waals surface area contributed by atoms with Crippen LogP contribution < -0.4 is 9.47 Å². The zero-order valence-corrected chi connectivity index (χ0v) is 16.3. The average Bonchev–Trinajstić information content (AvgIpc) is 2.72. The van der Waals surface area contributed by atoms with Crippen LogP contribution in [-0.4, -0.2) is 26.9 Å². The molecule has 27 heavy (non-hydrogen) atoms. The molecule has 0 aliphatic rings. The molecule has 0 saturated heterocycles. The zero-order valence-electron chi connectivity index (χ0n) is 16.3. The van der Waals surface area contributed by atoms with Gasteiger partial charge in [0.25, 0.3) is 0 Å². The number of benzene rings is 2. The van der Waals surface area contributed by atoms with E-state index in [1.807, 2.05) is 24.3 Å². The number of hydrogen-bond donors (Lipinski definition) is 0. The van der Waals surface area contributed by atoms with E-state index >= 15 is 0 Å². The van der Waals surface area contributed by atoms with E-state index in [0.717, 1.165) is 37.6 Å². The van der Waals surface area contributed by atoms with Crippen molar-refractivity contribution in [1.29, 1.82) is 0 Å². The van der Waals surface area contributed by atoms with Crippen molar-refractivity contribution in [2.75, 3.05) is 26.9 Å². The molecule has 0 radical (unpaired) electrons. The number of hydrogen-bond acceptors (Lipinski definition) is 3. The summed E-state index contributed by atoms with van der Waals surface area (Å²) in [6.07, 6.45) is 12.2. The molecule has 0 fully saturated rings. The second-order valence-corrected chi connectivity index (χ2v) is 6.48. The summed E-state index contributed by atoms with van der Waals surface area (Å²) in [5, 5.41) is 0. The highest BCUT2D eigenvalue weighted by molar-refractivity contribution is 5.64. The van der Waals surface area contributed by atoms with Gasteiger partial charge in [0, 0.05) is 6.61 Å². The molecule has 3 heteroatoms. The molecule has 0 amide bonds. The minimum absolute atomic E-state index is 0.429. The van der Waals surface area contributed by atoms with Gasteiger partial charge in [-0.15, -0.1) is 6.42 Å². The predicted octanol–water partition coefficient (Wildman–Crippen LogP) is 5.73. The summed E-state index contributed by atoms with van der Waals surface area (Å²) < 4.78 is 16.3. The first kappa shape index (κ1) is 20.9. The van der Waals surface area contributed by atoms with Gasteiger partial charge in [0.15, 0.2) is 0 Å². The number of methoxy groups -OCH3 is 1. The third-order valence-electron chi connectivity index (χ3n) is 4.41. The van der Waals surface area contributed by atoms with Crippen molar-refractivity contribution >= 4 is 0 Å². The summed E-state index contributed by atoms with van der Waals surface area (Å²) in [5.74, 6) is 4.28. The lowest BCUT2D eigenvalue weighted by Crippen LogP contribution is -1.97. The van der Waals surface area contributed by atoms with E-state index in [2.05, 4.69) is 30.2 Å². The zero-order chi connectivity index (χ0) is 19.2. The SMILES string of the molecule is C#CCOCCCCCCCCOc1ccc(-c2ccc(OC)cc2)cc1. The van der Waals surface area contributed by atoms with E-state index in [-0.39, 0.29) is 0 Å². The molecule has 0 atom stereocenters. The van der Waals surface area contributed by atoms with E-state index < -0.39 is 0 Å². The smallest absolute Gasteiger partial charge is 0.119 e.